The van der Waals surface area contributed by atoms with Crippen molar-refractivity contribution in [3.05, 3.63) is 0 Å². The lowest BCUT2D eigenvalue weighted by Crippen LogP contribution is -2.53. The number of hydrogen-bond acceptors (Lipinski definition) is 5. The van der Waals surface area contributed by atoms with Gasteiger partial charge in [-0.25, -0.2) is 0 Å². The highest BCUT2D eigenvalue weighted by Gasteiger charge is 2.37. The van der Waals surface area contributed by atoms with Gasteiger partial charge in [0.25, 0.3) is 5.24 Å². The fourth-order valence-electron chi connectivity index (χ4n) is 2.80. The van der Waals surface area contributed by atoms with Gasteiger partial charge >= 0.3 is 0 Å². The van der Waals surface area contributed by atoms with E-state index in [0.717, 1.165) is 37.4 Å². The second-order valence-corrected chi connectivity index (χ2v) is 6.62. The third-order valence-electron chi connectivity index (χ3n) is 4.05. The molecule has 1 saturated heterocycles. The molecule has 2 rings (SSSR count). The van der Waals surface area contributed by atoms with E-state index >= 15 is 0 Å². The zero-order valence-corrected chi connectivity index (χ0v) is 12.5. The van der Waals surface area contributed by atoms with Crippen molar-refractivity contribution in [1.82, 2.24) is 10.2 Å². The van der Waals surface area contributed by atoms with E-state index < -0.39 is 5.54 Å². The first kappa shape index (κ1) is 15.3. The van der Waals surface area contributed by atoms with E-state index in [1.165, 1.54) is 4.90 Å². The lowest BCUT2D eigenvalue weighted by atomic mass is 9.74. The minimum Gasteiger partial charge on any atom is -0.354 e. The first-order valence-corrected chi connectivity index (χ1v) is 7.94. The van der Waals surface area contributed by atoms with E-state index in [1.807, 2.05) is 6.92 Å². The molecule has 1 saturated carbocycles. The van der Waals surface area contributed by atoms with Crippen LogP contribution in [0.1, 0.15) is 32.6 Å². The van der Waals surface area contributed by atoms with Crippen molar-refractivity contribution < 1.29 is 14.4 Å². The van der Waals surface area contributed by atoms with Crippen LogP contribution in [0, 0.1) is 5.92 Å². The van der Waals surface area contributed by atoms with Gasteiger partial charge in [0.05, 0.1) is 11.7 Å². The van der Waals surface area contributed by atoms with Crippen LogP contribution in [0.2, 0.25) is 0 Å². The van der Waals surface area contributed by atoms with Crippen molar-refractivity contribution in [2.45, 2.75) is 38.1 Å². The molecule has 2 aliphatic rings. The van der Waals surface area contributed by atoms with E-state index in [9.17, 15) is 14.4 Å². The third-order valence-corrected chi connectivity index (χ3v) is 4.90. The van der Waals surface area contributed by atoms with Crippen LogP contribution in [0.3, 0.4) is 0 Å². The second-order valence-electron chi connectivity index (χ2n) is 5.70. The van der Waals surface area contributed by atoms with Crippen LogP contribution < -0.4 is 11.1 Å². The van der Waals surface area contributed by atoms with Crippen molar-refractivity contribution in [3.63, 3.8) is 0 Å². The number of rotatable bonds is 4. The zero-order valence-electron chi connectivity index (χ0n) is 11.7. The van der Waals surface area contributed by atoms with E-state index in [1.54, 1.807) is 0 Å². The van der Waals surface area contributed by atoms with Gasteiger partial charge in [-0.2, -0.15) is 0 Å². The van der Waals surface area contributed by atoms with Crippen LogP contribution in [0.25, 0.3) is 0 Å². The molecule has 0 aromatic heterocycles. The third kappa shape index (κ3) is 3.32. The molecule has 0 radical (unpaired) electrons. The van der Waals surface area contributed by atoms with Gasteiger partial charge in [-0.05, 0) is 19.8 Å². The van der Waals surface area contributed by atoms with Crippen LogP contribution >= 0.6 is 11.8 Å². The van der Waals surface area contributed by atoms with Crippen molar-refractivity contribution in [2.75, 3.05) is 18.8 Å². The smallest absolute Gasteiger partial charge is 0.288 e. The Morgan fingerprint density at radius 3 is 2.85 bits per heavy atom. The Labute approximate surface area is 122 Å². The fourth-order valence-corrected chi connectivity index (χ4v) is 3.55. The Hall–Kier alpha value is -1.08. The normalized spacial score (nSPS) is 30.7. The molecule has 0 aromatic rings. The Morgan fingerprint density at radius 1 is 1.50 bits per heavy atom. The molecule has 20 heavy (non-hydrogen) atoms. The predicted octanol–water partition coefficient (Wildman–Crippen LogP) is 0.706. The highest BCUT2D eigenvalue weighted by atomic mass is 32.2. The number of nitrogens with zero attached hydrogens (tertiary/aromatic N) is 1. The van der Waals surface area contributed by atoms with E-state index in [0.29, 0.717) is 6.54 Å². The standard InChI is InChI=1S/C13H21N3O3S/c1-13(14)5-3-2-4-9(13)11(18)15-6-7-16-10(17)8-20-12(16)19/h9H,2-8,14H2,1H3,(H,15,18). The zero-order chi connectivity index (χ0) is 14.8. The molecule has 2 unspecified atom stereocenters. The summed E-state index contributed by atoms with van der Waals surface area (Å²) in [4.78, 5) is 36.2. The molecule has 2 fully saturated rings. The Balaban J connectivity index is 1.80. The van der Waals surface area contributed by atoms with Gasteiger partial charge in [0.2, 0.25) is 11.8 Å². The lowest BCUT2D eigenvalue weighted by Gasteiger charge is -2.37. The van der Waals surface area contributed by atoms with Crippen molar-refractivity contribution >= 4 is 28.8 Å². The van der Waals surface area contributed by atoms with Crippen LogP contribution in [0.15, 0.2) is 0 Å². The van der Waals surface area contributed by atoms with Gasteiger partial charge in [0.15, 0.2) is 0 Å². The summed E-state index contributed by atoms with van der Waals surface area (Å²) in [7, 11) is 0. The lowest BCUT2D eigenvalue weighted by molar-refractivity contribution is -0.129. The number of thioether (sulfide) groups is 1. The summed E-state index contributed by atoms with van der Waals surface area (Å²) < 4.78 is 0. The van der Waals surface area contributed by atoms with E-state index in [2.05, 4.69) is 5.32 Å². The molecule has 0 bridgehead atoms. The molecular weight excluding hydrogens is 278 g/mol. The van der Waals surface area contributed by atoms with Crippen LogP contribution in [0.5, 0.6) is 0 Å². The molecule has 2 atom stereocenters. The average Bonchev–Trinajstić information content (AvgIpc) is 2.69. The molecule has 0 aromatic carbocycles. The highest BCUT2D eigenvalue weighted by molar-refractivity contribution is 8.14. The molecular formula is C13H21N3O3S. The summed E-state index contributed by atoms with van der Waals surface area (Å²) in [6, 6.07) is 0. The molecule has 3 N–H and O–H groups in total. The Morgan fingerprint density at radius 2 is 2.25 bits per heavy atom. The minimum atomic E-state index is -0.461. The molecule has 7 heteroatoms. The maximum Gasteiger partial charge on any atom is 0.288 e. The number of hydrogen-bond donors (Lipinski definition) is 2. The first-order chi connectivity index (χ1) is 9.42. The van der Waals surface area contributed by atoms with Gasteiger partial charge in [-0.15, -0.1) is 0 Å². The molecule has 6 nitrogen and oxygen atoms in total. The maximum atomic E-state index is 12.2. The quantitative estimate of drug-likeness (QED) is 0.797. The highest BCUT2D eigenvalue weighted by Crippen LogP contribution is 2.31. The van der Waals surface area contributed by atoms with Crippen molar-refractivity contribution in [3.8, 4) is 0 Å². The Bertz CT molecular complexity index is 409. The monoisotopic (exact) mass is 299 g/mol. The molecule has 1 aliphatic carbocycles. The molecule has 1 aliphatic heterocycles. The van der Waals surface area contributed by atoms with Crippen LogP contribution in [-0.2, 0) is 9.59 Å². The molecule has 3 amide bonds. The minimum absolute atomic E-state index is 0.0681. The fraction of sp³-hybridized carbons (Fsp3) is 0.769. The maximum absolute atomic E-state index is 12.2. The second kappa shape index (κ2) is 6.13. The van der Waals surface area contributed by atoms with E-state index in [-0.39, 0.29) is 35.3 Å². The topological polar surface area (TPSA) is 92.5 Å². The largest absolute Gasteiger partial charge is 0.354 e. The number of nitrogens with one attached hydrogen (secondary N) is 1. The Kier molecular flexibility index (Phi) is 4.70. The average molecular weight is 299 g/mol. The van der Waals surface area contributed by atoms with Crippen molar-refractivity contribution in [1.29, 1.82) is 0 Å². The van der Waals surface area contributed by atoms with Crippen LogP contribution in [-0.4, -0.2) is 46.3 Å². The van der Waals surface area contributed by atoms with Gasteiger partial charge in [0.1, 0.15) is 0 Å². The van der Waals surface area contributed by atoms with E-state index in [4.69, 9.17) is 5.73 Å². The van der Waals surface area contributed by atoms with Gasteiger partial charge in [-0.1, -0.05) is 24.6 Å². The van der Waals surface area contributed by atoms with Gasteiger partial charge < -0.3 is 11.1 Å². The number of carbonyl (C=O) groups is 3. The first-order valence-electron chi connectivity index (χ1n) is 6.95. The number of nitrogens with two attached hydrogens (primary N) is 1. The predicted molar refractivity (Wildman–Crippen MR) is 77.1 cm³/mol. The summed E-state index contributed by atoms with van der Waals surface area (Å²) in [5.74, 6) is -0.233. The van der Waals surface area contributed by atoms with Gasteiger partial charge in [-0.3, -0.25) is 19.3 Å². The molecule has 112 valence electrons. The summed E-state index contributed by atoms with van der Waals surface area (Å²) in [5, 5.41) is 2.57. The summed E-state index contributed by atoms with van der Waals surface area (Å²) in [6.45, 7) is 2.45. The summed E-state index contributed by atoms with van der Waals surface area (Å²) in [6.07, 6.45) is 3.73. The van der Waals surface area contributed by atoms with Crippen LogP contribution in [0.4, 0.5) is 4.79 Å². The summed E-state index contributed by atoms with van der Waals surface area (Å²) >= 11 is 1.00. The SMILES string of the molecule is CC1(N)CCCCC1C(=O)NCCN1C(=O)CSC1=O. The summed E-state index contributed by atoms with van der Waals surface area (Å²) in [5.41, 5.74) is 5.72. The van der Waals surface area contributed by atoms with Crippen molar-refractivity contribution in [2.24, 2.45) is 11.7 Å². The number of amides is 3. The number of imide groups is 1. The molecule has 0 spiro atoms. The van der Waals surface area contributed by atoms with Gasteiger partial charge in [0, 0.05) is 18.6 Å². The molecule has 1 heterocycles. The number of carbonyl (C=O) groups excluding carboxylic acids is 3.